The second-order valence-corrected chi connectivity index (χ2v) is 3.71. The first-order valence-electron chi connectivity index (χ1n) is 5.57. The van der Waals surface area contributed by atoms with Gasteiger partial charge in [0.15, 0.2) is 0 Å². The summed E-state index contributed by atoms with van der Waals surface area (Å²) >= 11 is 0. The number of aryl methyl sites for hydroxylation is 1. The van der Waals surface area contributed by atoms with Gasteiger partial charge in [-0.15, -0.1) is 0 Å². The molecule has 0 bridgehead atoms. The maximum atomic E-state index is 9.02. The topological polar surface area (TPSA) is 36.4 Å². The van der Waals surface area contributed by atoms with Crippen molar-refractivity contribution in [2.24, 2.45) is 0 Å². The lowest BCUT2D eigenvalue weighted by Crippen LogP contribution is -2.29. The third kappa shape index (κ3) is 3.51. The number of anilines is 1. The highest BCUT2D eigenvalue weighted by Crippen LogP contribution is 2.15. The summed E-state index contributed by atoms with van der Waals surface area (Å²) in [5.74, 6) is 1.00. The molecule has 1 heterocycles. The average Bonchev–Trinajstić information content (AvgIpc) is 2.25. The van der Waals surface area contributed by atoms with Crippen LogP contribution in [0.4, 0.5) is 5.82 Å². The highest BCUT2D eigenvalue weighted by Gasteiger charge is 2.08. The summed E-state index contributed by atoms with van der Waals surface area (Å²) in [4.78, 5) is 6.52. The molecule has 0 atom stereocenters. The minimum absolute atomic E-state index is 0.180. The molecule has 1 rings (SSSR count). The molecule has 84 valence electrons. The van der Waals surface area contributed by atoms with Crippen LogP contribution in [0.5, 0.6) is 0 Å². The second-order valence-electron chi connectivity index (χ2n) is 3.71. The Kier molecular flexibility index (Phi) is 5.12. The van der Waals surface area contributed by atoms with Crippen molar-refractivity contribution in [3.8, 4) is 0 Å². The molecular weight excluding hydrogens is 188 g/mol. The van der Waals surface area contributed by atoms with Crippen LogP contribution in [0.1, 0.15) is 25.3 Å². The van der Waals surface area contributed by atoms with E-state index in [0.29, 0.717) is 6.54 Å². The van der Waals surface area contributed by atoms with E-state index in [0.717, 1.165) is 25.2 Å². The monoisotopic (exact) mass is 208 g/mol. The van der Waals surface area contributed by atoms with Crippen molar-refractivity contribution in [1.82, 2.24) is 4.98 Å². The molecule has 0 aliphatic carbocycles. The number of unbranched alkanes of at least 4 members (excludes halogenated alkanes) is 1. The largest absolute Gasteiger partial charge is 0.395 e. The number of rotatable bonds is 6. The molecule has 15 heavy (non-hydrogen) atoms. The van der Waals surface area contributed by atoms with Crippen molar-refractivity contribution in [3.05, 3.63) is 23.9 Å². The maximum absolute atomic E-state index is 9.02. The number of aromatic nitrogens is 1. The van der Waals surface area contributed by atoms with E-state index >= 15 is 0 Å². The molecular formula is C12H20N2O. The van der Waals surface area contributed by atoms with Gasteiger partial charge in [0.25, 0.3) is 0 Å². The minimum Gasteiger partial charge on any atom is -0.395 e. The molecule has 3 nitrogen and oxygen atoms in total. The Morgan fingerprint density at radius 1 is 1.40 bits per heavy atom. The molecule has 3 heteroatoms. The molecule has 1 N–H and O–H groups in total. The molecule has 0 spiro atoms. The van der Waals surface area contributed by atoms with Gasteiger partial charge in [-0.3, -0.25) is 0 Å². The summed E-state index contributed by atoms with van der Waals surface area (Å²) in [5.41, 5.74) is 1.17. The summed E-state index contributed by atoms with van der Waals surface area (Å²) in [6.07, 6.45) is 4.10. The van der Waals surface area contributed by atoms with E-state index in [-0.39, 0.29) is 6.61 Å². The Hall–Kier alpha value is -1.09. The lowest BCUT2D eigenvalue weighted by atomic mass is 10.2. The van der Waals surface area contributed by atoms with Crippen LogP contribution in [0.2, 0.25) is 0 Å². The van der Waals surface area contributed by atoms with E-state index in [9.17, 15) is 0 Å². The molecule has 0 aromatic carbocycles. The first kappa shape index (κ1) is 12.0. The first-order chi connectivity index (χ1) is 7.29. The number of hydrogen-bond acceptors (Lipinski definition) is 3. The summed E-state index contributed by atoms with van der Waals surface area (Å²) in [6, 6.07) is 3.99. The van der Waals surface area contributed by atoms with E-state index in [1.54, 1.807) is 6.20 Å². The van der Waals surface area contributed by atoms with Crippen LogP contribution in [0, 0.1) is 6.92 Å². The van der Waals surface area contributed by atoms with Crippen molar-refractivity contribution >= 4 is 5.82 Å². The van der Waals surface area contributed by atoms with Crippen LogP contribution in [-0.2, 0) is 0 Å². The van der Waals surface area contributed by atoms with Crippen molar-refractivity contribution < 1.29 is 5.11 Å². The van der Waals surface area contributed by atoms with Gasteiger partial charge < -0.3 is 10.0 Å². The molecule has 0 saturated carbocycles. The highest BCUT2D eigenvalue weighted by atomic mass is 16.3. The van der Waals surface area contributed by atoms with E-state index in [2.05, 4.69) is 29.8 Å². The van der Waals surface area contributed by atoms with Gasteiger partial charge in [-0.25, -0.2) is 4.98 Å². The number of pyridine rings is 1. The zero-order chi connectivity index (χ0) is 11.1. The Balaban J connectivity index is 2.74. The van der Waals surface area contributed by atoms with Crippen molar-refractivity contribution in [2.45, 2.75) is 26.7 Å². The van der Waals surface area contributed by atoms with Crippen molar-refractivity contribution in [3.63, 3.8) is 0 Å². The summed E-state index contributed by atoms with van der Waals surface area (Å²) in [7, 11) is 0. The van der Waals surface area contributed by atoms with Crippen LogP contribution in [0.25, 0.3) is 0 Å². The van der Waals surface area contributed by atoms with Crippen LogP contribution in [-0.4, -0.2) is 29.8 Å². The molecule has 0 saturated heterocycles. The summed E-state index contributed by atoms with van der Waals surface area (Å²) in [6.45, 7) is 6.04. The van der Waals surface area contributed by atoms with Crippen LogP contribution < -0.4 is 4.90 Å². The van der Waals surface area contributed by atoms with Crippen LogP contribution in [0.15, 0.2) is 18.3 Å². The fourth-order valence-corrected chi connectivity index (χ4v) is 1.60. The number of aliphatic hydroxyl groups is 1. The predicted molar refractivity (Wildman–Crippen MR) is 63.2 cm³/mol. The van der Waals surface area contributed by atoms with E-state index in [4.69, 9.17) is 5.11 Å². The quantitative estimate of drug-likeness (QED) is 0.776. The van der Waals surface area contributed by atoms with Gasteiger partial charge in [0.2, 0.25) is 0 Å². The SMILES string of the molecule is CCCCN(CCO)c1ncccc1C. The lowest BCUT2D eigenvalue weighted by Gasteiger charge is -2.24. The van der Waals surface area contributed by atoms with Crippen molar-refractivity contribution in [2.75, 3.05) is 24.6 Å². The first-order valence-corrected chi connectivity index (χ1v) is 5.57. The zero-order valence-corrected chi connectivity index (χ0v) is 9.61. The molecule has 1 aromatic heterocycles. The third-order valence-electron chi connectivity index (χ3n) is 2.43. The lowest BCUT2D eigenvalue weighted by molar-refractivity contribution is 0.301. The average molecular weight is 208 g/mol. The predicted octanol–water partition coefficient (Wildman–Crippen LogP) is 1.99. The Labute approximate surface area is 91.8 Å². The summed E-state index contributed by atoms with van der Waals surface area (Å²) in [5, 5.41) is 9.02. The van der Waals surface area contributed by atoms with Gasteiger partial charge in [0.05, 0.1) is 6.61 Å². The highest BCUT2D eigenvalue weighted by molar-refractivity contribution is 5.45. The molecule has 0 aliphatic heterocycles. The van der Waals surface area contributed by atoms with Gasteiger partial charge in [-0.2, -0.15) is 0 Å². The standard InChI is InChI=1S/C12H20N2O/c1-3-4-8-14(9-10-15)12-11(2)6-5-7-13-12/h5-7,15H,3-4,8-10H2,1-2H3. The smallest absolute Gasteiger partial charge is 0.131 e. The molecule has 0 fully saturated rings. The fourth-order valence-electron chi connectivity index (χ4n) is 1.60. The Morgan fingerprint density at radius 2 is 2.20 bits per heavy atom. The zero-order valence-electron chi connectivity index (χ0n) is 9.61. The minimum atomic E-state index is 0.180. The maximum Gasteiger partial charge on any atom is 0.131 e. The van der Waals surface area contributed by atoms with E-state index < -0.39 is 0 Å². The fraction of sp³-hybridized carbons (Fsp3) is 0.583. The number of hydrogen-bond donors (Lipinski definition) is 1. The second kappa shape index (κ2) is 6.40. The third-order valence-corrected chi connectivity index (χ3v) is 2.43. The van der Waals surface area contributed by atoms with E-state index in [1.807, 2.05) is 6.07 Å². The van der Waals surface area contributed by atoms with Crippen LogP contribution >= 0.6 is 0 Å². The Bertz CT molecular complexity index is 289. The van der Waals surface area contributed by atoms with Crippen molar-refractivity contribution in [1.29, 1.82) is 0 Å². The molecule has 0 unspecified atom stereocenters. The Morgan fingerprint density at radius 3 is 2.80 bits per heavy atom. The number of aliphatic hydroxyl groups excluding tert-OH is 1. The molecule has 1 aromatic rings. The number of nitrogens with zero attached hydrogens (tertiary/aromatic N) is 2. The van der Waals surface area contributed by atoms with Gasteiger partial charge >= 0.3 is 0 Å². The summed E-state index contributed by atoms with van der Waals surface area (Å²) < 4.78 is 0. The van der Waals surface area contributed by atoms with Gasteiger partial charge in [0, 0.05) is 19.3 Å². The normalized spacial score (nSPS) is 10.3. The molecule has 0 aliphatic rings. The molecule has 0 amide bonds. The van der Waals surface area contributed by atoms with E-state index in [1.165, 1.54) is 5.56 Å². The molecule has 0 radical (unpaired) electrons. The van der Waals surface area contributed by atoms with Gasteiger partial charge in [-0.05, 0) is 25.0 Å². The van der Waals surface area contributed by atoms with Crippen LogP contribution in [0.3, 0.4) is 0 Å². The van der Waals surface area contributed by atoms with Gasteiger partial charge in [0.1, 0.15) is 5.82 Å². The van der Waals surface area contributed by atoms with Gasteiger partial charge in [-0.1, -0.05) is 19.4 Å².